The first kappa shape index (κ1) is 16.1. The van der Waals surface area contributed by atoms with Gasteiger partial charge < -0.3 is 9.26 Å². The molecule has 5 rings (SSSR count). The minimum absolute atomic E-state index is 0.0676. The first-order valence-electron chi connectivity index (χ1n) is 8.50. The van der Waals surface area contributed by atoms with Crippen LogP contribution in [-0.4, -0.2) is 27.5 Å². The Bertz CT molecular complexity index is 967. The molecule has 7 nitrogen and oxygen atoms in total. The van der Waals surface area contributed by atoms with Crippen LogP contribution >= 0.6 is 0 Å². The van der Waals surface area contributed by atoms with Crippen molar-refractivity contribution in [2.24, 2.45) is 24.3 Å². The van der Waals surface area contributed by atoms with Crippen LogP contribution in [0.1, 0.15) is 42.9 Å². The Balaban J connectivity index is 1.59. The lowest BCUT2D eigenvalue weighted by atomic mass is 9.49. The molecule has 2 atom stereocenters. The quantitative estimate of drug-likeness (QED) is 0.628. The van der Waals surface area contributed by atoms with E-state index in [2.05, 4.69) is 30.2 Å². The van der Waals surface area contributed by atoms with Crippen LogP contribution in [0.15, 0.2) is 21.0 Å². The van der Waals surface area contributed by atoms with E-state index in [9.17, 15) is 9.59 Å². The molecule has 0 unspecified atom stereocenters. The van der Waals surface area contributed by atoms with E-state index in [1.54, 1.807) is 6.92 Å². The molecule has 0 spiro atoms. The molecule has 2 bridgehead atoms. The highest BCUT2D eigenvalue weighted by Gasteiger charge is 2.51. The van der Waals surface area contributed by atoms with Crippen LogP contribution in [0, 0.1) is 24.2 Å². The van der Waals surface area contributed by atoms with Crippen molar-refractivity contribution in [2.75, 3.05) is 6.61 Å². The van der Waals surface area contributed by atoms with E-state index in [-0.39, 0.29) is 23.2 Å². The lowest BCUT2D eigenvalue weighted by Crippen LogP contribution is -2.48. The van der Waals surface area contributed by atoms with Crippen LogP contribution in [0.3, 0.4) is 0 Å². The third-order valence-corrected chi connectivity index (χ3v) is 5.99. The van der Waals surface area contributed by atoms with Gasteiger partial charge in [0.25, 0.3) is 5.56 Å². The first-order chi connectivity index (χ1) is 11.8. The normalized spacial score (nSPS) is 23.9. The molecule has 3 aliphatic rings. The summed E-state index contributed by atoms with van der Waals surface area (Å²) in [6.07, 6.45) is 4.42. The number of carbonyl (C=O) groups is 1. The predicted octanol–water partition coefficient (Wildman–Crippen LogP) is 2.38. The fraction of sp³-hybridized carbons (Fsp3) is 0.556. The Morgan fingerprint density at radius 3 is 2.92 bits per heavy atom. The van der Waals surface area contributed by atoms with Crippen molar-refractivity contribution in [3.8, 4) is 0 Å². The van der Waals surface area contributed by atoms with Gasteiger partial charge in [0.05, 0.1) is 5.39 Å². The second-order valence-electron chi connectivity index (χ2n) is 7.64. The van der Waals surface area contributed by atoms with Gasteiger partial charge in [-0.3, -0.25) is 4.79 Å². The summed E-state index contributed by atoms with van der Waals surface area (Å²) in [5.41, 5.74) is 1.23. The van der Waals surface area contributed by atoms with E-state index < -0.39 is 11.5 Å². The molecular formula is C18H21N3O4. The lowest BCUT2D eigenvalue weighted by Gasteiger charge is -2.56. The molecule has 0 aliphatic heterocycles. The van der Waals surface area contributed by atoms with Crippen LogP contribution in [0.5, 0.6) is 0 Å². The molecule has 0 aromatic carbocycles. The fourth-order valence-electron chi connectivity index (χ4n) is 4.20. The zero-order chi connectivity index (χ0) is 17.9. The SMILES string of the molecule is Cc1onc2c(=O)n(C)nc(C(=O)OCC3=CC[C@H]4C[C@H]3C4(C)C)c12. The van der Waals surface area contributed by atoms with Crippen molar-refractivity contribution in [1.29, 1.82) is 0 Å². The van der Waals surface area contributed by atoms with Crippen molar-refractivity contribution >= 4 is 16.9 Å². The molecule has 0 amide bonds. The van der Waals surface area contributed by atoms with Crippen molar-refractivity contribution in [3.63, 3.8) is 0 Å². The monoisotopic (exact) mass is 343 g/mol. The van der Waals surface area contributed by atoms with E-state index in [1.807, 2.05) is 0 Å². The number of aromatic nitrogens is 3. The molecule has 0 radical (unpaired) electrons. The van der Waals surface area contributed by atoms with Crippen molar-refractivity contribution in [1.82, 2.24) is 14.9 Å². The number of carbonyl (C=O) groups excluding carboxylic acids is 1. The smallest absolute Gasteiger partial charge is 0.359 e. The number of rotatable bonds is 3. The summed E-state index contributed by atoms with van der Waals surface area (Å²) in [6.45, 7) is 6.46. The maximum absolute atomic E-state index is 12.6. The molecule has 7 heteroatoms. The van der Waals surface area contributed by atoms with E-state index >= 15 is 0 Å². The van der Waals surface area contributed by atoms with E-state index in [4.69, 9.17) is 9.26 Å². The number of allylic oxidation sites excluding steroid dienone is 1. The molecule has 132 valence electrons. The summed E-state index contributed by atoms with van der Waals surface area (Å²) in [7, 11) is 1.48. The van der Waals surface area contributed by atoms with Gasteiger partial charge in [-0.25, -0.2) is 9.48 Å². The van der Waals surface area contributed by atoms with Gasteiger partial charge in [0.1, 0.15) is 12.4 Å². The Labute approximate surface area is 144 Å². The van der Waals surface area contributed by atoms with Gasteiger partial charge in [0, 0.05) is 7.05 Å². The minimum Gasteiger partial charge on any atom is -0.456 e. The van der Waals surface area contributed by atoms with E-state index in [0.717, 1.165) is 17.0 Å². The maximum atomic E-state index is 12.6. The average Bonchev–Trinajstić information content (AvgIpc) is 2.98. The first-order valence-corrected chi connectivity index (χ1v) is 8.50. The maximum Gasteiger partial charge on any atom is 0.359 e. The highest BCUT2D eigenvalue weighted by Crippen LogP contribution is 2.59. The van der Waals surface area contributed by atoms with Gasteiger partial charge >= 0.3 is 5.97 Å². The minimum atomic E-state index is -0.563. The lowest BCUT2D eigenvalue weighted by molar-refractivity contribution is -0.0156. The predicted molar refractivity (Wildman–Crippen MR) is 90.1 cm³/mol. The molecule has 1 saturated carbocycles. The largest absolute Gasteiger partial charge is 0.456 e. The molecule has 3 aliphatic carbocycles. The van der Waals surface area contributed by atoms with E-state index in [0.29, 0.717) is 17.1 Å². The van der Waals surface area contributed by atoms with Gasteiger partial charge in [0.15, 0.2) is 11.2 Å². The number of ether oxygens (including phenoxy) is 1. The molecule has 0 saturated heterocycles. The van der Waals surface area contributed by atoms with Crippen molar-refractivity contribution in [3.05, 3.63) is 33.5 Å². The Morgan fingerprint density at radius 2 is 2.24 bits per heavy atom. The molecule has 2 aromatic heterocycles. The zero-order valence-corrected chi connectivity index (χ0v) is 14.8. The molecule has 2 heterocycles. The highest BCUT2D eigenvalue weighted by molar-refractivity contribution is 6.01. The number of nitrogens with zero attached hydrogens (tertiary/aromatic N) is 3. The summed E-state index contributed by atoms with van der Waals surface area (Å²) < 4.78 is 11.7. The van der Waals surface area contributed by atoms with Crippen molar-refractivity contribution in [2.45, 2.75) is 33.6 Å². The van der Waals surface area contributed by atoms with E-state index in [1.165, 1.54) is 19.0 Å². The summed E-state index contributed by atoms with van der Waals surface area (Å²) in [6, 6.07) is 0. The molecule has 1 fully saturated rings. The average molecular weight is 343 g/mol. The van der Waals surface area contributed by atoms with Crippen molar-refractivity contribution < 1.29 is 14.1 Å². The van der Waals surface area contributed by atoms with Crippen LogP contribution in [0.4, 0.5) is 0 Å². The Kier molecular flexibility index (Phi) is 3.39. The van der Waals surface area contributed by atoms with Crippen LogP contribution < -0.4 is 5.56 Å². The number of hydrogen-bond acceptors (Lipinski definition) is 6. The van der Waals surface area contributed by atoms with Crippen LogP contribution in [-0.2, 0) is 11.8 Å². The third kappa shape index (κ3) is 2.25. The highest BCUT2D eigenvalue weighted by atomic mass is 16.5. The standard InChI is InChI=1S/C18H21N3O4/c1-9-13-14(20-25-9)16(22)21(4)19-15(13)17(23)24-8-10-5-6-11-7-12(10)18(11,2)3/h5,11-12H,6-8H2,1-4H3/t11-,12+/m0/s1. The summed E-state index contributed by atoms with van der Waals surface area (Å²) in [4.78, 5) is 24.7. The third-order valence-electron chi connectivity index (χ3n) is 5.99. The summed E-state index contributed by atoms with van der Waals surface area (Å²) in [5.74, 6) is 1.03. The second-order valence-corrected chi connectivity index (χ2v) is 7.64. The van der Waals surface area contributed by atoms with Gasteiger partial charge in [-0.05, 0) is 42.6 Å². The van der Waals surface area contributed by atoms with Gasteiger partial charge in [-0.1, -0.05) is 25.1 Å². The molecular weight excluding hydrogens is 322 g/mol. The zero-order valence-electron chi connectivity index (χ0n) is 14.8. The number of aryl methyl sites for hydroxylation is 2. The van der Waals surface area contributed by atoms with Crippen LogP contribution in [0.2, 0.25) is 0 Å². The molecule has 25 heavy (non-hydrogen) atoms. The molecule has 2 aromatic rings. The van der Waals surface area contributed by atoms with Crippen LogP contribution in [0.25, 0.3) is 10.9 Å². The number of hydrogen-bond donors (Lipinski definition) is 0. The summed E-state index contributed by atoms with van der Waals surface area (Å²) in [5, 5.41) is 8.14. The topological polar surface area (TPSA) is 87.2 Å². The number of esters is 1. The molecule has 0 N–H and O–H groups in total. The Hall–Kier alpha value is -2.44. The second kappa shape index (κ2) is 5.28. The van der Waals surface area contributed by atoms with Gasteiger partial charge in [-0.15, -0.1) is 0 Å². The Morgan fingerprint density at radius 1 is 1.48 bits per heavy atom. The summed E-state index contributed by atoms with van der Waals surface area (Å²) >= 11 is 0. The van der Waals surface area contributed by atoms with Gasteiger partial charge in [-0.2, -0.15) is 5.10 Å². The van der Waals surface area contributed by atoms with Gasteiger partial charge in [0.2, 0.25) is 0 Å². The number of fused-ring (bicyclic) bond motifs is 2. The fourth-order valence-corrected chi connectivity index (χ4v) is 4.20.